The third-order valence-electron chi connectivity index (χ3n) is 3.43. The molecule has 0 aliphatic carbocycles. The monoisotopic (exact) mass is 268 g/mol. The molecule has 0 saturated carbocycles. The van der Waals surface area contributed by atoms with Gasteiger partial charge in [0.1, 0.15) is 0 Å². The van der Waals surface area contributed by atoms with Gasteiger partial charge in [0, 0.05) is 24.1 Å². The quantitative estimate of drug-likeness (QED) is 0.578. The molecule has 1 aromatic heterocycles. The summed E-state index contributed by atoms with van der Waals surface area (Å²) in [4.78, 5) is 8.09. The number of nitrogens with zero attached hydrogens (tertiary/aromatic N) is 2. The second-order valence-corrected chi connectivity index (χ2v) is 6.61. The molecule has 98 valence electrons. The van der Waals surface area contributed by atoms with Gasteiger partial charge >= 0.3 is 7.12 Å². The van der Waals surface area contributed by atoms with Crippen molar-refractivity contribution in [3.05, 3.63) is 12.4 Å². The predicted octanol–water partition coefficient (Wildman–Crippen LogP) is 0.513. The number of rotatable bonds is 2. The largest absolute Gasteiger partial charge is 0.498 e. The van der Waals surface area contributed by atoms with E-state index >= 15 is 0 Å². The van der Waals surface area contributed by atoms with Crippen molar-refractivity contribution in [3.8, 4) is 0 Å². The van der Waals surface area contributed by atoms with E-state index < -0.39 is 17.9 Å². The average molecular weight is 268 g/mol. The van der Waals surface area contributed by atoms with Gasteiger partial charge < -0.3 is 9.31 Å². The first-order chi connectivity index (χ1) is 8.23. The standard InChI is InChI=1S/C11H17BN2O3S/c1-10(2)11(3,4)17-12(16-10)8-6-13-9(14-7-8)18(5)15/h6-7H,1-5H3/t18-/m1/s1. The Morgan fingerprint density at radius 3 is 1.94 bits per heavy atom. The van der Waals surface area contributed by atoms with E-state index in [4.69, 9.17) is 9.31 Å². The third kappa shape index (κ3) is 2.34. The summed E-state index contributed by atoms with van der Waals surface area (Å²) >= 11 is 0. The number of aromatic nitrogens is 2. The molecule has 0 spiro atoms. The summed E-state index contributed by atoms with van der Waals surface area (Å²) in [5.41, 5.74) is -0.0313. The Bertz CT molecular complexity index is 460. The Balaban J connectivity index is 2.22. The van der Waals surface area contributed by atoms with Crippen LogP contribution in [-0.4, -0.2) is 38.8 Å². The summed E-state index contributed by atoms with van der Waals surface area (Å²) in [6, 6.07) is 0. The van der Waals surface area contributed by atoms with Crippen LogP contribution >= 0.6 is 0 Å². The molecule has 1 aromatic rings. The van der Waals surface area contributed by atoms with Crippen LogP contribution in [0.2, 0.25) is 0 Å². The first-order valence-electron chi connectivity index (χ1n) is 5.74. The molecule has 1 aliphatic rings. The Labute approximate surface area is 110 Å². The fraction of sp³-hybridized carbons (Fsp3) is 0.636. The maximum Gasteiger partial charge on any atom is 0.498 e. The summed E-state index contributed by atoms with van der Waals surface area (Å²) in [6.45, 7) is 7.96. The van der Waals surface area contributed by atoms with Gasteiger partial charge in [-0.1, -0.05) is 0 Å². The van der Waals surface area contributed by atoms with E-state index in [-0.39, 0.29) is 11.2 Å². The molecule has 1 aliphatic heterocycles. The van der Waals surface area contributed by atoms with E-state index in [2.05, 4.69) is 9.97 Å². The topological polar surface area (TPSA) is 61.3 Å². The van der Waals surface area contributed by atoms with Gasteiger partial charge in [0.25, 0.3) is 0 Å². The Morgan fingerprint density at radius 2 is 1.56 bits per heavy atom. The van der Waals surface area contributed by atoms with E-state index in [1.165, 1.54) is 0 Å². The second-order valence-electron chi connectivity index (χ2n) is 5.34. The summed E-state index contributed by atoms with van der Waals surface area (Å²) in [5, 5.41) is 0.315. The van der Waals surface area contributed by atoms with E-state index in [0.29, 0.717) is 5.16 Å². The molecule has 1 saturated heterocycles. The maximum absolute atomic E-state index is 11.2. The minimum Gasteiger partial charge on any atom is -0.399 e. The zero-order valence-corrected chi connectivity index (χ0v) is 12.1. The highest BCUT2D eigenvalue weighted by molar-refractivity contribution is 7.84. The van der Waals surface area contributed by atoms with Gasteiger partial charge in [-0.15, -0.1) is 0 Å². The molecule has 0 amide bonds. The van der Waals surface area contributed by atoms with Crippen molar-refractivity contribution in [2.24, 2.45) is 0 Å². The Morgan fingerprint density at radius 1 is 1.11 bits per heavy atom. The van der Waals surface area contributed by atoms with Crippen LogP contribution in [0.15, 0.2) is 17.6 Å². The highest BCUT2D eigenvalue weighted by Crippen LogP contribution is 2.36. The molecule has 5 nitrogen and oxygen atoms in total. The van der Waals surface area contributed by atoms with Gasteiger partial charge in [0.15, 0.2) is 0 Å². The predicted molar refractivity (Wildman–Crippen MR) is 70.1 cm³/mol. The molecule has 2 heterocycles. The molecular weight excluding hydrogens is 251 g/mol. The first kappa shape index (κ1) is 13.6. The van der Waals surface area contributed by atoms with Crippen molar-refractivity contribution in [1.29, 1.82) is 0 Å². The van der Waals surface area contributed by atoms with Crippen LogP contribution in [0.5, 0.6) is 0 Å². The van der Waals surface area contributed by atoms with Crippen molar-refractivity contribution >= 4 is 23.4 Å². The van der Waals surface area contributed by atoms with Crippen LogP contribution in [0.1, 0.15) is 27.7 Å². The second kappa shape index (κ2) is 4.40. The lowest BCUT2D eigenvalue weighted by atomic mass is 9.81. The molecule has 1 atom stereocenters. The van der Waals surface area contributed by atoms with Crippen LogP contribution in [-0.2, 0) is 20.1 Å². The highest BCUT2D eigenvalue weighted by Gasteiger charge is 2.51. The van der Waals surface area contributed by atoms with Gasteiger partial charge in [0.05, 0.1) is 22.0 Å². The fourth-order valence-electron chi connectivity index (χ4n) is 1.58. The zero-order chi connectivity index (χ0) is 13.6. The van der Waals surface area contributed by atoms with Gasteiger partial charge in [-0.25, -0.2) is 9.97 Å². The molecule has 0 unspecified atom stereocenters. The van der Waals surface area contributed by atoms with Crippen molar-refractivity contribution in [1.82, 2.24) is 9.97 Å². The van der Waals surface area contributed by atoms with E-state index in [1.807, 2.05) is 27.7 Å². The van der Waals surface area contributed by atoms with Crippen molar-refractivity contribution in [2.45, 2.75) is 44.1 Å². The zero-order valence-electron chi connectivity index (χ0n) is 11.3. The van der Waals surface area contributed by atoms with E-state index in [9.17, 15) is 4.21 Å². The molecular formula is C11H17BN2O3S. The lowest BCUT2D eigenvalue weighted by molar-refractivity contribution is 0.00578. The number of hydrogen-bond donors (Lipinski definition) is 0. The number of hydrogen-bond acceptors (Lipinski definition) is 5. The third-order valence-corrected chi connectivity index (χ3v) is 4.16. The fourth-order valence-corrected chi connectivity index (χ4v) is 1.98. The molecule has 0 radical (unpaired) electrons. The van der Waals surface area contributed by atoms with E-state index in [0.717, 1.165) is 5.46 Å². The maximum atomic E-state index is 11.2. The summed E-state index contributed by atoms with van der Waals surface area (Å²) < 4.78 is 23.0. The summed E-state index contributed by atoms with van der Waals surface area (Å²) in [5.74, 6) is 0. The summed E-state index contributed by atoms with van der Waals surface area (Å²) in [7, 11) is -1.65. The SMILES string of the molecule is C[S@@](=O)c1ncc(B2OC(C)(C)C(C)(C)O2)cn1. The lowest BCUT2D eigenvalue weighted by Gasteiger charge is -2.32. The van der Waals surface area contributed by atoms with Crippen LogP contribution in [0.3, 0.4) is 0 Å². The molecule has 0 N–H and O–H groups in total. The average Bonchev–Trinajstić information content (AvgIpc) is 2.48. The first-order valence-corrected chi connectivity index (χ1v) is 7.30. The smallest absolute Gasteiger partial charge is 0.399 e. The molecule has 0 aromatic carbocycles. The molecule has 1 fully saturated rings. The van der Waals surface area contributed by atoms with E-state index in [1.54, 1.807) is 18.6 Å². The van der Waals surface area contributed by atoms with Crippen molar-refractivity contribution < 1.29 is 13.5 Å². The minimum atomic E-state index is -1.17. The van der Waals surface area contributed by atoms with Crippen LogP contribution in [0.25, 0.3) is 0 Å². The highest BCUT2D eigenvalue weighted by atomic mass is 32.2. The molecule has 7 heteroatoms. The van der Waals surface area contributed by atoms with Gasteiger partial charge in [-0.2, -0.15) is 0 Å². The van der Waals surface area contributed by atoms with Gasteiger partial charge in [-0.3, -0.25) is 4.21 Å². The van der Waals surface area contributed by atoms with Crippen molar-refractivity contribution in [2.75, 3.05) is 6.26 Å². The van der Waals surface area contributed by atoms with Crippen LogP contribution < -0.4 is 5.46 Å². The Hall–Kier alpha value is -0.785. The van der Waals surface area contributed by atoms with Crippen LogP contribution in [0.4, 0.5) is 0 Å². The summed E-state index contributed by atoms with van der Waals surface area (Å²) in [6.07, 6.45) is 4.75. The van der Waals surface area contributed by atoms with Crippen LogP contribution in [0, 0.1) is 0 Å². The lowest BCUT2D eigenvalue weighted by Crippen LogP contribution is -2.41. The Kier molecular flexibility index (Phi) is 3.33. The molecule has 0 bridgehead atoms. The van der Waals surface area contributed by atoms with Gasteiger partial charge in [-0.05, 0) is 27.7 Å². The minimum absolute atomic E-state index is 0.315. The molecule has 2 rings (SSSR count). The molecule has 18 heavy (non-hydrogen) atoms. The normalized spacial score (nSPS) is 23.1. The van der Waals surface area contributed by atoms with Crippen molar-refractivity contribution in [3.63, 3.8) is 0 Å². The van der Waals surface area contributed by atoms with Gasteiger partial charge in [0.2, 0.25) is 5.16 Å².